The summed E-state index contributed by atoms with van der Waals surface area (Å²) in [6, 6.07) is 16.4. The van der Waals surface area contributed by atoms with E-state index in [-0.39, 0.29) is 5.82 Å². The molecule has 0 spiro atoms. The van der Waals surface area contributed by atoms with Crippen LogP contribution in [0.5, 0.6) is 0 Å². The second kappa shape index (κ2) is 13.1. The minimum atomic E-state index is -0.251. The number of aromatic nitrogens is 2. The van der Waals surface area contributed by atoms with Crippen LogP contribution in [0.2, 0.25) is 5.15 Å². The Morgan fingerprint density at radius 1 is 0.914 bits per heavy atom. The summed E-state index contributed by atoms with van der Waals surface area (Å²) in [7, 11) is 0. The molecule has 0 unspecified atom stereocenters. The Labute approximate surface area is 213 Å². The molecule has 0 radical (unpaired) electrons. The van der Waals surface area contributed by atoms with E-state index in [0.29, 0.717) is 10.8 Å². The number of nitrogens with two attached hydrogens (primary N) is 1. The molecule has 35 heavy (non-hydrogen) atoms. The van der Waals surface area contributed by atoms with E-state index < -0.39 is 0 Å². The summed E-state index contributed by atoms with van der Waals surface area (Å²) in [5.74, 6) is -0.251. The van der Waals surface area contributed by atoms with Crippen LogP contribution in [0.3, 0.4) is 0 Å². The maximum absolute atomic E-state index is 12.0. The average Bonchev–Trinajstić information content (AvgIpc) is 2.88. The third-order valence-electron chi connectivity index (χ3n) is 5.63. The number of fused-ring (bicyclic) bond motifs is 1. The fourth-order valence-electron chi connectivity index (χ4n) is 3.90. The highest BCUT2D eigenvalue weighted by atomic mass is 35.5. The Bertz CT molecular complexity index is 1200. The number of halogens is 2. The second-order valence-corrected chi connectivity index (χ2v) is 9.06. The first-order valence-electron chi connectivity index (χ1n) is 12.2. The first kappa shape index (κ1) is 26.4. The van der Waals surface area contributed by atoms with Crippen LogP contribution in [-0.2, 0) is 0 Å². The number of nitrogens with zero attached hydrogens (tertiary/aromatic N) is 3. The van der Waals surface area contributed by atoms with Crippen LogP contribution < -0.4 is 10.6 Å². The standard InChI is InChI=1S/C20H20ClN3.C6H6FN.C3H8/c1-14-11-16(13-23-20(14)21)15-5-6-18-17(12-15)19(7-8-22-18)24-9-3-2-4-10-24;7-5-1-3-6(8)4-2-5;1-3-2/h5-8,11-13H,2-4,9-10H2,1H3;1-4H,8H2;3H2,1-2H3. The minimum absolute atomic E-state index is 0.251. The quantitative estimate of drug-likeness (QED) is 0.227. The van der Waals surface area contributed by atoms with Crippen LogP contribution in [0, 0.1) is 12.7 Å². The van der Waals surface area contributed by atoms with Crippen LogP contribution in [-0.4, -0.2) is 23.1 Å². The number of pyridine rings is 2. The number of hydrogen-bond donors (Lipinski definition) is 1. The fourth-order valence-corrected chi connectivity index (χ4v) is 4.00. The first-order valence-corrected chi connectivity index (χ1v) is 12.6. The molecule has 4 nitrogen and oxygen atoms in total. The summed E-state index contributed by atoms with van der Waals surface area (Å²) in [6.07, 6.45) is 8.88. The van der Waals surface area contributed by atoms with E-state index in [4.69, 9.17) is 17.3 Å². The molecule has 2 aromatic heterocycles. The van der Waals surface area contributed by atoms with Crippen LogP contribution >= 0.6 is 11.6 Å². The summed E-state index contributed by atoms with van der Waals surface area (Å²) in [6.45, 7) is 8.50. The molecule has 0 amide bonds. The smallest absolute Gasteiger partial charge is 0.131 e. The van der Waals surface area contributed by atoms with E-state index in [1.54, 1.807) is 0 Å². The normalized spacial score (nSPS) is 12.9. The number of anilines is 2. The molecule has 1 saturated heterocycles. The van der Waals surface area contributed by atoms with Crippen molar-refractivity contribution in [3.8, 4) is 11.1 Å². The predicted molar refractivity (Wildman–Crippen MR) is 148 cm³/mol. The van der Waals surface area contributed by atoms with Crippen molar-refractivity contribution >= 4 is 33.9 Å². The predicted octanol–water partition coefficient (Wildman–Crippen LogP) is 8.07. The number of hydrogen-bond acceptors (Lipinski definition) is 4. The molecular formula is C29H34ClFN4. The molecule has 184 valence electrons. The molecule has 1 fully saturated rings. The summed E-state index contributed by atoms with van der Waals surface area (Å²) in [5, 5.41) is 1.78. The molecule has 0 aliphatic carbocycles. The van der Waals surface area contributed by atoms with Crippen molar-refractivity contribution in [1.29, 1.82) is 0 Å². The maximum atomic E-state index is 12.0. The third kappa shape index (κ3) is 7.40. The van der Waals surface area contributed by atoms with Gasteiger partial charge >= 0.3 is 0 Å². The number of nitrogen functional groups attached to an aromatic ring is 1. The lowest BCUT2D eigenvalue weighted by Crippen LogP contribution is -2.29. The van der Waals surface area contributed by atoms with Gasteiger partial charge in [-0.2, -0.15) is 0 Å². The van der Waals surface area contributed by atoms with Gasteiger partial charge in [0.05, 0.1) is 5.52 Å². The third-order valence-corrected chi connectivity index (χ3v) is 6.03. The van der Waals surface area contributed by atoms with Gasteiger partial charge in [-0.3, -0.25) is 4.98 Å². The Morgan fingerprint density at radius 3 is 2.23 bits per heavy atom. The number of aryl methyl sites for hydroxylation is 1. The molecule has 2 N–H and O–H groups in total. The van der Waals surface area contributed by atoms with Crippen molar-refractivity contribution in [3.63, 3.8) is 0 Å². The molecule has 1 aliphatic rings. The first-order chi connectivity index (χ1) is 16.9. The molecule has 5 rings (SSSR count). The summed E-state index contributed by atoms with van der Waals surface area (Å²) >= 11 is 6.06. The van der Waals surface area contributed by atoms with Crippen LogP contribution in [0.25, 0.3) is 22.0 Å². The van der Waals surface area contributed by atoms with Gasteiger partial charge in [-0.05, 0) is 85.8 Å². The van der Waals surface area contributed by atoms with Gasteiger partial charge in [0.1, 0.15) is 11.0 Å². The van der Waals surface area contributed by atoms with Crippen molar-refractivity contribution in [3.05, 3.63) is 83.5 Å². The molecule has 0 atom stereocenters. The van der Waals surface area contributed by atoms with Gasteiger partial charge in [0.25, 0.3) is 0 Å². The number of piperidine rings is 1. The average molecular weight is 493 g/mol. The minimum Gasteiger partial charge on any atom is -0.399 e. The van der Waals surface area contributed by atoms with Gasteiger partial charge in [0.15, 0.2) is 0 Å². The fraction of sp³-hybridized carbons (Fsp3) is 0.310. The molecule has 4 aromatic rings. The Hall–Kier alpha value is -3.18. The Balaban J connectivity index is 0.000000260. The Kier molecular flexibility index (Phi) is 9.86. The second-order valence-electron chi connectivity index (χ2n) is 8.70. The van der Waals surface area contributed by atoms with Gasteiger partial charge in [-0.15, -0.1) is 0 Å². The molecular weight excluding hydrogens is 459 g/mol. The van der Waals surface area contributed by atoms with Gasteiger partial charge in [0.2, 0.25) is 0 Å². The largest absolute Gasteiger partial charge is 0.399 e. The molecule has 0 saturated carbocycles. The van der Waals surface area contributed by atoms with E-state index in [9.17, 15) is 4.39 Å². The lowest BCUT2D eigenvalue weighted by atomic mass is 10.0. The zero-order valence-electron chi connectivity index (χ0n) is 20.8. The number of benzene rings is 2. The van der Waals surface area contributed by atoms with Crippen molar-refractivity contribution in [2.24, 2.45) is 0 Å². The molecule has 2 aromatic carbocycles. The van der Waals surface area contributed by atoms with Crippen LogP contribution in [0.15, 0.2) is 67.0 Å². The highest BCUT2D eigenvalue weighted by Gasteiger charge is 2.14. The lowest BCUT2D eigenvalue weighted by Gasteiger charge is -2.29. The van der Waals surface area contributed by atoms with E-state index in [2.05, 4.69) is 59.0 Å². The van der Waals surface area contributed by atoms with E-state index >= 15 is 0 Å². The zero-order valence-corrected chi connectivity index (χ0v) is 21.5. The summed E-state index contributed by atoms with van der Waals surface area (Å²) < 4.78 is 12.0. The summed E-state index contributed by atoms with van der Waals surface area (Å²) in [5.41, 5.74) is 11.4. The Morgan fingerprint density at radius 2 is 1.60 bits per heavy atom. The van der Waals surface area contributed by atoms with Crippen LogP contribution in [0.1, 0.15) is 45.1 Å². The maximum Gasteiger partial charge on any atom is 0.131 e. The van der Waals surface area contributed by atoms with E-state index in [0.717, 1.165) is 35.3 Å². The van der Waals surface area contributed by atoms with Gasteiger partial charge in [0, 0.05) is 47.8 Å². The van der Waals surface area contributed by atoms with Gasteiger partial charge in [-0.1, -0.05) is 37.9 Å². The van der Waals surface area contributed by atoms with Gasteiger partial charge < -0.3 is 10.6 Å². The molecule has 1 aliphatic heterocycles. The summed E-state index contributed by atoms with van der Waals surface area (Å²) in [4.78, 5) is 11.3. The monoisotopic (exact) mass is 492 g/mol. The number of rotatable bonds is 2. The molecule has 3 heterocycles. The van der Waals surface area contributed by atoms with Crippen LogP contribution in [0.4, 0.5) is 15.8 Å². The molecule has 6 heteroatoms. The highest BCUT2D eigenvalue weighted by Crippen LogP contribution is 2.32. The van der Waals surface area contributed by atoms with E-state index in [1.807, 2.05) is 19.3 Å². The van der Waals surface area contributed by atoms with Crippen molar-refractivity contribution < 1.29 is 4.39 Å². The highest BCUT2D eigenvalue weighted by molar-refractivity contribution is 6.30. The van der Waals surface area contributed by atoms with Crippen molar-refractivity contribution in [2.45, 2.75) is 46.5 Å². The van der Waals surface area contributed by atoms with Crippen molar-refractivity contribution in [2.75, 3.05) is 23.7 Å². The zero-order chi connectivity index (χ0) is 25.2. The molecule has 0 bridgehead atoms. The SMILES string of the molecule is CCC.Cc1cc(-c2ccc3nccc(N4CCCCC4)c3c2)cnc1Cl.Nc1ccc(F)cc1. The van der Waals surface area contributed by atoms with E-state index in [1.165, 1.54) is 61.0 Å². The lowest BCUT2D eigenvalue weighted by molar-refractivity contribution is 0.579. The van der Waals surface area contributed by atoms with Crippen molar-refractivity contribution in [1.82, 2.24) is 9.97 Å². The van der Waals surface area contributed by atoms with Gasteiger partial charge in [-0.25, -0.2) is 9.37 Å². The topological polar surface area (TPSA) is 55.0 Å².